The molecule has 2 heterocycles. The van der Waals surface area contributed by atoms with Gasteiger partial charge in [0.05, 0.1) is 29.1 Å². The van der Waals surface area contributed by atoms with Gasteiger partial charge in [-0.2, -0.15) is 0 Å². The quantitative estimate of drug-likeness (QED) is 0.896. The molecule has 134 valence electrons. The molecule has 2 N–H and O–H groups in total. The molecule has 2 aliphatic rings. The van der Waals surface area contributed by atoms with Crippen molar-refractivity contribution < 1.29 is 9.90 Å². The van der Waals surface area contributed by atoms with E-state index in [1.807, 2.05) is 11.0 Å². The number of hydrogen-bond donors (Lipinski definition) is 2. The highest BCUT2D eigenvalue weighted by atomic mass is 16.3. The van der Waals surface area contributed by atoms with E-state index >= 15 is 0 Å². The van der Waals surface area contributed by atoms with Crippen LogP contribution in [0.1, 0.15) is 68.8 Å². The number of H-pyrrole nitrogens is 1. The van der Waals surface area contributed by atoms with Crippen LogP contribution in [0.5, 0.6) is 0 Å². The molecule has 5 nitrogen and oxygen atoms in total. The molecule has 0 bridgehead atoms. The van der Waals surface area contributed by atoms with Gasteiger partial charge in [-0.3, -0.25) is 4.79 Å². The number of carbonyl (C=O) groups is 1. The van der Waals surface area contributed by atoms with E-state index in [9.17, 15) is 9.90 Å². The van der Waals surface area contributed by atoms with Crippen molar-refractivity contribution >= 4 is 16.9 Å². The molecule has 5 heteroatoms. The van der Waals surface area contributed by atoms with E-state index in [0.29, 0.717) is 0 Å². The zero-order valence-electron chi connectivity index (χ0n) is 14.9. The average Bonchev–Trinajstić information content (AvgIpc) is 3.21. The molecular weight excluding hydrogens is 314 g/mol. The molecule has 1 amide bonds. The third-order valence-electron chi connectivity index (χ3n) is 5.81. The smallest absolute Gasteiger partial charge is 0.226 e. The molecule has 1 aliphatic heterocycles. The first-order valence-corrected chi connectivity index (χ1v) is 9.52. The van der Waals surface area contributed by atoms with Crippen LogP contribution >= 0.6 is 0 Å². The number of imidazole rings is 1. The number of hydrogen-bond acceptors (Lipinski definition) is 3. The van der Waals surface area contributed by atoms with Gasteiger partial charge in [0.1, 0.15) is 5.82 Å². The van der Waals surface area contributed by atoms with Gasteiger partial charge in [0.15, 0.2) is 0 Å². The fraction of sp³-hybridized carbons (Fsp3) is 0.600. The Morgan fingerprint density at radius 1 is 1.32 bits per heavy atom. The van der Waals surface area contributed by atoms with Gasteiger partial charge in [0, 0.05) is 6.54 Å². The zero-order chi connectivity index (χ0) is 17.4. The number of aliphatic hydroxyl groups is 1. The van der Waals surface area contributed by atoms with E-state index in [-0.39, 0.29) is 18.4 Å². The van der Waals surface area contributed by atoms with Crippen LogP contribution in [0.2, 0.25) is 0 Å². The van der Waals surface area contributed by atoms with E-state index in [4.69, 9.17) is 4.98 Å². The Balaban J connectivity index is 1.53. The molecule has 2 fully saturated rings. The van der Waals surface area contributed by atoms with Gasteiger partial charge in [-0.25, -0.2) is 4.98 Å². The third kappa shape index (κ3) is 3.30. The molecule has 4 rings (SSSR count). The lowest BCUT2D eigenvalue weighted by molar-refractivity contribution is -0.138. The van der Waals surface area contributed by atoms with Crippen LogP contribution in [0.3, 0.4) is 0 Å². The van der Waals surface area contributed by atoms with E-state index in [2.05, 4.69) is 24.0 Å². The van der Waals surface area contributed by atoms with Gasteiger partial charge in [0.2, 0.25) is 5.91 Å². The summed E-state index contributed by atoms with van der Waals surface area (Å²) in [5.41, 5.74) is 2.38. The van der Waals surface area contributed by atoms with Crippen LogP contribution < -0.4 is 0 Å². The first-order chi connectivity index (χ1) is 12.0. The van der Waals surface area contributed by atoms with Crippen molar-refractivity contribution in [2.45, 2.75) is 69.9 Å². The Morgan fingerprint density at radius 2 is 2.12 bits per heavy atom. The van der Waals surface area contributed by atoms with E-state index < -0.39 is 5.60 Å². The summed E-state index contributed by atoms with van der Waals surface area (Å²) in [5, 5.41) is 10.7. The number of nitrogens with zero attached hydrogens (tertiary/aromatic N) is 2. The van der Waals surface area contributed by atoms with Crippen LogP contribution in [-0.4, -0.2) is 38.0 Å². The number of fused-ring (bicyclic) bond motifs is 1. The van der Waals surface area contributed by atoms with Crippen molar-refractivity contribution in [1.82, 2.24) is 14.9 Å². The number of benzene rings is 1. The first-order valence-electron chi connectivity index (χ1n) is 9.52. The predicted molar refractivity (Wildman–Crippen MR) is 97.2 cm³/mol. The van der Waals surface area contributed by atoms with Gasteiger partial charge in [-0.1, -0.05) is 25.3 Å². The number of rotatable bonds is 3. The minimum absolute atomic E-state index is 0.00685. The highest BCUT2D eigenvalue weighted by molar-refractivity contribution is 5.79. The number of amides is 1. The normalized spacial score (nSPS) is 23.3. The average molecular weight is 341 g/mol. The predicted octanol–water partition coefficient (Wildman–Crippen LogP) is 3.62. The maximum absolute atomic E-state index is 12.9. The summed E-state index contributed by atoms with van der Waals surface area (Å²) in [4.78, 5) is 23.0. The van der Waals surface area contributed by atoms with Crippen LogP contribution in [0.4, 0.5) is 0 Å². The minimum atomic E-state index is -0.798. The van der Waals surface area contributed by atoms with Crippen molar-refractivity contribution in [3.8, 4) is 0 Å². The summed E-state index contributed by atoms with van der Waals surface area (Å²) >= 11 is 0. The second-order valence-corrected chi connectivity index (χ2v) is 7.85. The van der Waals surface area contributed by atoms with Crippen LogP contribution in [-0.2, 0) is 4.79 Å². The van der Waals surface area contributed by atoms with Crippen molar-refractivity contribution in [2.24, 2.45) is 0 Å². The molecule has 1 saturated heterocycles. The number of aryl methyl sites for hydroxylation is 1. The summed E-state index contributed by atoms with van der Waals surface area (Å²) in [6, 6.07) is 6.18. The van der Waals surface area contributed by atoms with E-state index in [1.54, 1.807) is 0 Å². The number of carbonyl (C=O) groups excluding carboxylic acids is 1. The number of aromatic nitrogens is 2. The highest BCUT2D eigenvalue weighted by Crippen LogP contribution is 2.36. The van der Waals surface area contributed by atoms with Gasteiger partial charge in [-0.15, -0.1) is 0 Å². The SMILES string of the molecule is Cc1ccc2nc(C3CCCN3C(=O)CC3(O)CCCCC3)[nH]c2c1. The van der Waals surface area contributed by atoms with Gasteiger partial charge in [0.25, 0.3) is 0 Å². The molecule has 1 aromatic heterocycles. The van der Waals surface area contributed by atoms with Crippen LogP contribution in [0, 0.1) is 6.92 Å². The van der Waals surface area contributed by atoms with Gasteiger partial charge >= 0.3 is 0 Å². The number of likely N-dealkylation sites (tertiary alicyclic amines) is 1. The zero-order valence-corrected chi connectivity index (χ0v) is 14.9. The minimum Gasteiger partial charge on any atom is -0.389 e. The second-order valence-electron chi connectivity index (χ2n) is 7.85. The Morgan fingerprint density at radius 3 is 2.92 bits per heavy atom. The maximum Gasteiger partial charge on any atom is 0.226 e. The maximum atomic E-state index is 12.9. The van der Waals surface area contributed by atoms with E-state index in [1.165, 1.54) is 12.0 Å². The lowest BCUT2D eigenvalue weighted by Crippen LogP contribution is -2.40. The first kappa shape index (κ1) is 16.6. The van der Waals surface area contributed by atoms with Crippen molar-refractivity contribution in [1.29, 1.82) is 0 Å². The molecule has 0 radical (unpaired) electrons. The topological polar surface area (TPSA) is 69.2 Å². The largest absolute Gasteiger partial charge is 0.389 e. The molecule has 25 heavy (non-hydrogen) atoms. The number of aromatic amines is 1. The Kier molecular flexibility index (Phi) is 4.28. The summed E-state index contributed by atoms with van der Waals surface area (Å²) < 4.78 is 0. The summed E-state index contributed by atoms with van der Waals surface area (Å²) in [7, 11) is 0. The molecule has 1 aromatic carbocycles. The Labute approximate surface area is 148 Å². The van der Waals surface area contributed by atoms with Crippen molar-refractivity contribution in [2.75, 3.05) is 6.54 Å². The van der Waals surface area contributed by atoms with Gasteiger partial charge < -0.3 is 15.0 Å². The third-order valence-corrected chi connectivity index (χ3v) is 5.81. The second kappa shape index (κ2) is 6.45. The Bertz CT molecular complexity index is 776. The number of nitrogens with one attached hydrogen (secondary N) is 1. The highest BCUT2D eigenvalue weighted by Gasteiger charge is 2.37. The summed E-state index contributed by atoms with van der Waals surface area (Å²) in [6.07, 6.45) is 6.90. The fourth-order valence-corrected chi connectivity index (χ4v) is 4.42. The molecule has 1 aliphatic carbocycles. The lowest BCUT2D eigenvalue weighted by Gasteiger charge is -2.34. The summed E-state index contributed by atoms with van der Waals surface area (Å²) in [6.45, 7) is 2.83. The molecule has 0 spiro atoms. The molecule has 2 aromatic rings. The van der Waals surface area contributed by atoms with E-state index in [0.717, 1.165) is 61.9 Å². The van der Waals surface area contributed by atoms with Crippen LogP contribution in [0.15, 0.2) is 18.2 Å². The molecule has 1 unspecified atom stereocenters. The fourth-order valence-electron chi connectivity index (χ4n) is 4.42. The standard InChI is InChI=1S/C20H27N3O2/c1-14-7-8-15-16(12-14)22-19(21-15)17-6-5-11-23(17)18(24)13-20(25)9-3-2-4-10-20/h7-8,12,17,25H,2-6,9-11,13H2,1H3,(H,21,22). The molecule has 1 saturated carbocycles. The van der Waals surface area contributed by atoms with Crippen molar-refractivity contribution in [3.05, 3.63) is 29.6 Å². The monoisotopic (exact) mass is 341 g/mol. The van der Waals surface area contributed by atoms with Crippen molar-refractivity contribution in [3.63, 3.8) is 0 Å². The molecule has 1 atom stereocenters. The van der Waals surface area contributed by atoms with Gasteiger partial charge in [-0.05, 0) is 50.3 Å². The lowest BCUT2D eigenvalue weighted by atomic mass is 9.82. The molecular formula is C20H27N3O2. The van der Waals surface area contributed by atoms with Crippen LogP contribution in [0.25, 0.3) is 11.0 Å². The summed E-state index contributed by atoms with van der Waals surface area (Å²) in [5.74, 6) is 0.950. The Hall–Kier alpha value is -1.88.